The molecule has 3 aromatic heterocycles. The number of methoxy groups -OCH3 is 1. The second-order valence-electron chi connectivity index (χ2n) is 7.94. The zero-order valence-corrected chi connectivity index (χ0v) is 18.5. The Labute approximate surface area is 188 Å². The molecule has 0 aliphatic carbocycles. The first-order valence-electron chi connectivity index (χ1n) is 10.5. The number of rotatable bonds is 5. The molecular weight excluding hydrogens is 422 g/mol. The number of aryl methyl sites for hydroxylation is 1. The summed E-state index contributed by atoms with van der Waals surface area (Å²) in [6.07, 6.45) is 1.00. The molecule has 0 bridgehead atoms. The van der Waals surface area contributed by atoms with Gasteiger partial charge in [-0.1, -0.05) is 42.5 Å². The molecule has 0 saturated heterocycles. The molecule has 0 aliphatic rings. The summed E-state index contributed by atoms with van der Waals surface area (Å²) < 4.78 is 11.3. The van der Waals surface area contributed by atoms with Crippen molar-refractivity contribution in [3.05, 3.63) is 87.2 Å². The minimum atomic E-state index is -0.807. The molecule has 168 valence electrons. The Morgan fingerprint density at radius 1 is 1.03 bits per heavy atom. The van der Waals surface area contributed by atoms with E-state index in [1.54, 1.807) is 18.6 Å². The van der Waals surface area contributed by atoms with E-state index in [1.165, 1.54) is 11.6 Å². The Morgan fingerprint density at radius 3 is 2.52 bits per heavy atom. The van der Waals surface area contributed by atoms with Crippen LogP contribution in [0.4, 0.5) is 0 Å². The average molecular weight is 445 g/mol. The second kappa shape index (κ2) is 7.79. The zero-order valence-electron chi connectivity index (χ0n) is 18.5. The monoisotopic (exact) mass is 445 g/mol. The third kappa shape index (κ3) is 3.25. The number of hydrogen-bond acceptors (Lipinski definition) is 5. The number of ether oxygens (including phenoxy) is 1. The van der Waals surface area contributed by atoms with Gasteiger partial charge in [-0.15, -0.1) is 0 Å². The van der Waals surface area contributed by atoms with E-state index in [0.717, 1.165) is 21.4 Å². The van der Waals surface area contributed by atoms with Gasteiger partial charge in [-0.25, -0.2) is 4.79 Å². The maximum Gasteiger partial charge on any atom is 0.332 e. The summed E-state index contributed by atoms with van der Waals surface area (Å²) in [4.78, 5) is 30.1. The van der Waals surface area contributed by atoms with E-state index in [2.05, 4.69) is 4.98 Å². The SMILES string of the molecule is COc1cccc(-c2cn3c4c(=O)n(C)c(=O)n(C)c4nc3n2CC(O)c2ccccc2)c1. The minimum absolute atomic E-state index is 0.199. The number of nitrogens with zero attached hydrogens (tertiary/aromatic N) is 5. The number of benzene rings is 2. The van der Waals surface area contributed by atoms with E-state index in [4.69, 9.17) is 4.74 Å². The molecule has 5 rings (SSSR count). The lowest BCUT2D eigenvalue weighted by atomic mass is 10.1. The summed E-state index contributed by atoms with van der Waals surface area (Å²) in [5.74, 6) is 1.14. The second-order valence-corrected chi connectivity index (χ2v) is 7.94. The summed E-state index contributed by atoms with van der Waals surface area (Å²) >= 11 is 0. The largest absolute Gasteiger partial charge is 0.497 e. The Kier molecular flexibility index (Phi) is 4.90. The zero-order chi connectivity index (χ0) is 23.3. The lowest BCUT2D eigenvalue weighted by Gasteiger charge is -2.15. The molecule has 2 aromatic carbocycles. The highest BCUT2D eigenvalue weighted by molar-refractivity contribution is 5.78. The van der Waals surface area contributed by atoms with Crippen molar-refractivity contribution in [3.8, 4) is 17.0 Å². The van der Waals surface area contributed by atoms with Gasteiger partial charge in [0, 0.05) is 25.9 Å². The van der Waals surface area contributed by atoms with Crippen molar-refractivity contribution in [2.45, 2.75) is 12.6 Å². The van der Waals surface area contributed by atoms with Crippen LogP contribution in [0, 0.1) is 0 Å². The molecule has 0 saturated carbocycles. The molecule has 1 unspecified atom stereocenters. The van der Waals surface area contributed by atoms with Gasteiger partial charge in [0.1, 0.15) is 5.75 Å². The van der Waals surface area contributed by atoms with Crippen LogP contribution in [0.2, 0.25) is 0 Å². The summed E-state index contributed by atoms with van der Waals surface area (Å²) in [7, 11) is 4.63. The standard InChI is InChI=1S/C24H23N5O4/c1-26-21-20(22(31)27(2)24(26)32)29-13-18(16-10-7-11-17(12-16)33-3)28(23(29)25-21)14-19(30)15-8-5-4-6-9-15/h4-13,19,30H,14H2,1-3H3. The number of imidazole rings is 2. The van der Waals surface area contributed by atoms with Crippen LogP contribution in [-0.2, 0) is 20.6 Å². The molecule has 0 fully saturated rings. The van der Waals surface area contributed by atoms with Gasteiger partial charge >= 0.3 is 5.69 Å². The van der Waals surface area contributed by atoms with E-state index in [9.17, 15) is 14.7 Å². The van der Waals surface area contributed by atoms with Gasteiger partial charge in [-0.05, 0) is 17.7 Å². The van der Waals surface area contributed by atoms with Crippen molar-refractivity contribution < 1.29 is 9.84 Å². The lowest BCUT2D eigenvalue weighted by Crippen LogP contribution is -2.37. The molecule has 5 aromatic rings. The van der Waals surface area contributed by atoms with Gasteiger partial charge in [0.15, 0.2) is 11.2 Å². The first kappa shape index (κ1) is 20.8. The third-order valence-corrected chi connectivity index (χ3v) is 5.96. The highest BCUT2D eigenvalue weighted by Crippen LogP contribution is 2.29. The molecule has 3 heterocycles. The Morgan fingerprint density at radius 2 is 1.79 bits per heavy atom. The van der Waals surface area contributed by atoms with Gasteiger partial charge in [0.05, 0.1) is 25.5 Å². The normalized spacial score (nSPS) is 12.5. The van der Waals surface area contributed by atoms with Gasteiger partial charge in [-0.3, -0.25) is 18.3 Å². The topological polar surface area (TPSA) is 95.7 Å². The van der Waals surface area contributed by atoms with Crippen LogP contribution < -0.4 is 16.0 Å². The van der Waals surface area contributed by atoms with Gasteiger partial charge in [0.25, 0.3) is 5.56 Å². The van der Waals surface area contributed by atoms with Crippen molar-refractivity contribution in [2.24, 2.45) is 14.1 Å². The predicted octanol–water partition coefficient (Wildman–Crippen LogP) is 2.10. The Hall–Kier alpha value is -4.11. The van der Waals surface area contributed by atoms with E-state index in [0.29, 0.717) is 22.7 Å². The van der Waals surface area contributed by atoms with Crippen LogP contribution in [0.5, 0.6) is 5.75 Å². The number of aliphatic hydroxyl groups excluding tert-OH is 1. The number of fused-ring (bicyclic) bond motifs is 3. The van der Waals surface area contributed by atoms with Crippen LogP contribution in [0.1, 0.15) is 11.7 Å². The fraction of sp³-hybridized carbons (Fsp3) is 0.208. The smallest absolute Gasteiger partial charge is 0.332 e. The predicted molar refractivity (Wildman–Crippen MR) is 125 cm³/mol. The van der Waals surface area contributed by atoms with Crippen LogP contribution in [0.3, 0.4) is 0 Å². The Balaban J connectivity index is 1.80. The summed E-state index contributed by atoms with van der Waals surface area (Å²) in [5, 5.41) is 11.0. The van der Waals surface area contributed by atoms with E-state index in [-0.39, 0.29) is 6.54 Å². The molecule has 33 heavy (non-hydrogen) atoms. The summed E-state index contributed by atoms with van der Waals surface area (Å²) in [6, 6.07) is 16.9. The molecular formula is C24H23N5O4. The lowest BCUT2D eigenvalue weighted by molar-refractivity contribution is 0.158. The van der Waals surface area contributed by atoms with E-state index < -0.39 is 17.4 Å². The molecule has 1 atom stereocenters. The molecule has 0 spiro atoms. The molecule has 9 heteroatoms. The van der Waals surface area contributed by atoms with Crippen molar-refractivity contribution in [1.29, 1.82) is 0 Å². The number of aromatic nitrogens is 5. The highest BCUT2D eigenvalue weighted by Gasteiger charge is 2.22. The molecule has 1 N–H and O–H groups in total. The van der Waals surface area contributed by atoms with Crippen LogP contribution in [0.25, 0.3) is 28.2 Å². The van der Waals surface area contributed by atoms with Crippen molar-refractivity contribution >= 4 is 16.9 Å². The minimum Gasteiger partial charge on any atom is -0.497 e. The first-order valence-corrected chi connectivity index (χ1v) is 10.5. The summed E-state index contributed by atoms with van der Waals surface area (Å²) in [5.41, 5.74) is 2.07. The highest BCUT2D eigenvalue weighted by atomic mass is 16.5. The summed E-state index contributed by atoms with van der Waals surface area (Å²) in [6.45, 7) is 0.199. The Bertz CT molecular complexity index is 1610. The fourth-order valence-electron chi connectivity index (χ4n) is 4.16. The first-order chi connectivity index (χ1) is 15.9. The van der Waals surface area contributed by atoms with Gasteiger partial charge in [0.2, 0.25) is 5.78 Å². The molecule has 0 amide bonds. The number of hydrogen-bond donors (Lipinski definition) is 1. The van der Waals surface area contributed by atoms with Crippen molar-refractivity contribution in [3.63, 3.8) is 0 Å². The average Bonchev–Trinajstić information content (AvgIpc) is 3.39. The fourth-order valence-corrected chi connectivity index (χ4v) is 4.16. The van der Waals surface area contributed by atoms with Crippen LogP contribution in [-0.4, -0.2) is 35.3 Å². The van der Waals surface area contributed by atoms with Crippen molar-refractivity contribution in [1.82, 2.24) is 23.1 Å². The third-order valence-electron chi connectivity index (χ3n) is 5.96. The van der Waals surface area contributed by atoms with E-state index in [1.807, 2.05) is 65.4 Å². The van der Waals surface area contributed by atoms with E-state index >= 15 is 0 Å². The number of aliphatic hydroxyl groups is 1. The van der Waals surface area contributed by atoms with Gasteiger partial charge < -0.3 is 14.4 Å². The van der Waals surface area contributed by atoms with Crippen LogP contribution >= 0.6 is 0 Å². The maximum atomic E-state index is 13.0. The maximum absolute atomic E-state index is 13.0. The molecule has 0 radical (unpaired) electrons. The quantitative estimate of drug-likeness (QED) is 0.447. The molecule has 0 aliphatic heterocycles. The molecule has 9 nitrogen and oxygen atoms in total. The van der Waals surface area contributed by atoms with Gasteiger partial charge in [-0.2, -0.15) is 4.98 Å². The van der Waals surface area contributed by atoms with Crippen molar-refractivity contribution in [2.75, 3.05) is 7.11 Å². The van der Waals surface area contributed by atoms with Crippen LogP contribution in [0.15, 0.2) is 70.4 Å².